The number of hydrogen-bond donors (Lipinski definition) is 2. The van der Waals surface area contributed by atoms with Crippen LogP contribution in [0.25, 0.3) is 0 Å². The van der Waals surface area contributed by atoms with E-state index in [9.17, 15) is 4.79 Å². The average molecular weight is 240 g/mol. The Hall–Kier alpha value is -0.570. The lowest BCUT2D eigenvalue weighted by Gasteiger charge is -2.28. The Morgan fingerprint density at radius 1 is 1.35 bits per heavy atom. The lowest BCUT2D eigenvalue weighted by atomic mass is 9.85. The van der Waals surface area contributed by atoms with Crippen LogP contribution in [0.3, 0.4) is 0 Å². The quantitative estimate of drug-likeness (QED) is 0.793. The third kappa shape index (κ3) is 4.66. The molecule has 1 aliphatic carbocycles. The molecule has 3 heteroatoms. The van der Waals surface area contributed by atoms with Crippen molar-refractivity contribution in [2.45, 2.75) is 65.8 Å². The zero-order valence-corrected chi connectivity index (χ0v) is 11.8. The third-order valence-corrected chi connectivity index (χ3v) is 4.04. The van der Waals surface area contributed by atoms with Crippen molar-refractivity contribution in [2.24, 2.45) is 16.6 Å². The zero-order valence-electron chi connectivity index (χ0n) is 11.8. The van der Waals surface area contributed by atoms with Gasteiger partial charge in [-0.2, -0.15) is 0 Å². The highest BCUT2D eigenvalue weighted by atomic mass is 16.1. The van der Waals surface area contributed by atoms with E-state index in [0.717, 1.165) is 6.54 Å². The minimum Gasteiger partial charge on any atom is -0.356 e. The lowest BCUT2D eigenvalue weighted by molar-refractivity contribution is -0.122. The molecule has 1 rings (SSSR count). The molecule has 1 saturated carbocycles. The summed E-state index contributed by atoms with van der Waals surface area (Å²) >= 11 is 0. The normalized spacial score (nSPS) is 21.2. The standard InChI is InChI=1S/C14H28N2O/c1-13(2,3)11(15)9-12(17)16-10-14(4)7-5-6-8-14/h11H,5-10,15H2,1-4H3,(H,16,17). The second-order valence-electron chi connectivity index (χ2n) is 6.97. The van der Waals surface area contributed by atoms with Crippen molar-refractivity contribution < 1.29 is 4.79 Å². The van der Waals surface area contributed by atoms with Crippen LogP contribution in [0.4, 0.5) is 0 Å². The number of carbonyl (C=O) groups is 1. The van der Waals surface area contributed by atoms with Crippen molar-refractivity contribution in [1.29, 1.82) is 0 Å². The van der Waals surface area contributed by atoms with Gasteiger partial charge in [0, 0.05) is 19.0 Å². The van der Waals surface area contributed by atoms with Crippen LogP contribution in [-0.4, -0.2) is 18.5 Å². The van der Waals surface area contributed by atoms with Crippen LogP contribution in [0.2, 0.25) is 0 Å². The Morgan fingerprint density at radius 2 is 1.88 bits per heavy atom. The summed E-state index contributed by atoms with van der Waals surface area (Å²) in [6.45, 7) is 9.29. The van der Waals surface area contributed by atoms with Gasteiger partial charge in [-0.25, -0.2) is 0 Å². The van der Waals surface area contributed by atoms with Crippen LogP contribution >= 0.6 is 0 Å². The summed E-state index contributed by atoms with van der Waals surface area (Å²) in [4.78, 5) is 11.8. The highest BCUT2D eigenvalue weighted by Crippen LogP contribution is 2.36. The largest absolute Gasteiger partial charge is 0.356 e. The Labute approximate surface area is 106 Å². The van der Waals surface area contributed by atoms with Crippen LogP contribution in [0.1, 0.15) is 59.8 Å². The second kappa shape index (κ2) is 5.38. The van der Waals surface area contributed by atoms with Gasteiger partial charge in [0.1, 0.15) is 0 Å². The Kier molecular flexibility index (Phi) is 4.59. The van der Waals surface area contributed by atoms with E-state index in [1.54, 1.807) is 0 Å². The van der Waals surface area contributed by atoms with Crippen LogP contribution in [0.15, 0.2) is 0 Å². The first-order chi connectivity index (χ1) is 7.73. The molecular weight excluding hydrogens is 212 g/mol. The molecule has 1 amide bonds. The molecule has 0 aromatic rings. The van der Waals surface area contributed by atoms with Gasteiger partial charge in [-0.3, -0.25) is 4.79 Å². The maximum absolute atomic E-state index is 11.8. The fraction of sp³-hybridized carbons (Fsp3) is 0.929. The van der Waals surface area contributed by atoms with E-state index >= 15 is 0 Å². The molecule has 0 aromatic heterocycles. The number of hydrogen-bond acceptors (Lipinski definition) is 2. The van der Waals surface area contributed by atoms with E-state index in [1.807, 2.05) is 0 Å². The molecule has 17 heavy (non-hydrogen) atoms. The fourth-order valence-corrected chi connectivity index (χ4v) is 2.30. The van der Waals surface area contributed by atoms with Gasteiger partial charge in [-0.05, 0) is 23.7 Å². The number of carbonyl (C=O) groups excluding carboxylic acids is 1. The minimum atomic E-state index is -0.0705. The van der Waals surface area contributed by atoms with Crippen molar-refractivity contribution in [2.75, 3.05) is 6.54 Å². The molecule has 0 radical (unpaired) electrons. The molecule has 0 bridgehead atoms. The average Bonchev–Trinajstić information content (AvgIpc) is 2.61. The van der Waals surface area contributed by atoms with Crippen LogP contribution < -0.4 is 11.1 Å². The molecule has 100 valence electrons. The Bertz CT molecular complexity index is 262. The minimum absolute atomic E-state index is 0.00536. The molecule has 0 spiro atoms. The van der Waals surface area contributed by atoms with Gasteiger partial charge in [0.2, 0.25) is 5.91 Å². The summed E-state index contributed by atoms with van der Waals surface area (Å²) in [5.41, 5.74) is 6.32. The van der Waals surface area contributed by atoms with Crippen LogP contribution in [-0.2, 0) is 4.79 Å². The molecule has 0 aliphatic heterocycles. The molecule has 1 atom stereocenters. The first kappa shape index (κ1) is 14.5. The van der Waals surface area contributed by atoms with E-state index in [2.05, 4.69) is 33.0 Å². The molecule has 3 N–H and O–H groups in total. The lowest BCUT2D eigenvalue weighted by Crippen LogP contribution is -2.42. The van der Waals surface area contributed by atoms with Gasteiger partial charge in [-0.15, -0.1) is 0 Å². The van der Waals surface area contributed by atoms with Gasteiger partial charge in [0.15, 0.2) is 0 Å². The van der Waals surface area contributed by atoms with Gasteiger partial charge in [0.25, 0.3) is 0 Å². The van der Waals surface area contributed by atoms with Gasteiger partial charge in [-0.1, -0.05) is 40.5 Å². The number of rotatable bonds is 4. The molecular formula is C14H28N2O. The smallest absolute Gasteiger partial charge is 0.221 e. The van der Waals surface area contributed by atoms with Crippen molar-refractivity contribution in [1.82, 2.24) is 5.32 Å². The zero-order chi connectivity index (χ0) is 13.1. The number of nitrogens with one attached hydrogen (secondary N) is 1. The van der Waals surface area contributed by atoms with E-state index in [4.69, 9.17) is 5.73 Å². The highest BCUT2D eigenvalue weighted by Gasteiger charge is 2.29. The van der Waals surface area contributed by atoms with Crippen molar-refractivity contribution >= 4 is 5.91 Å². The number of nitrogens with two attached hydrogens (primary N) is 1. The summed E-state index contributed by atoms with van der Waals surface area (Å²) < 4.78 is 0. The molecule has 0 heterocycles. The van der Waals surface area contributed by atoms with Crippen LogP contribution in [0, 0.1) is 10.8 Å². The van der Waals surface area contributed by atoms with Gasteiger partial charge < -0.3 is 11.1 Å². The second-order valence-corrected chi connectivity index (χ2v) is 6.97. The van der Waals surface area contributed by atoms with Gasteiger partial charge >= 0.3 is 0 Å². The maximum atomic E-state index is 11.8. The Morgan fingerprint density at radius 3 is 2.35 bits per heavy atom. The van der Waals surface area contributed by atoms with Crippen LogP contribution in [0.5, 0.6) is 0 Å². The molecule has 1 aliphatic rings. The first-order valence-corrected chi connectivity index (χ1v) is 6.75. The van der Waals surface area contributed by atoms with Crippen molar-refractivity contribution in [3.8, 4) is 0 Å². The Balaban J connectivity index is 2.30. The predicted molar refractivity (Wildman–Crippen MR) is 71.6 cm³/mol. The first-order valence-electron chi connectivity index (χ1n) is 6.75. The molecule has 0 aromatic carbocycles. The summed E-state index contributed by atoms with van der Waals surface area (Å²) in [5.74, 6) is 0.0977. The highest BCUT2D eigenvalue weighted by molar-refractivity contribution is 5.76. The maximum Gasteiger partial charge on any atom is 0.221 e. The predicted octanol–water partition coefficient (Wildman–Crippen LogP) is 2.45. The summed E-state index contributed by atoms with van der Waals surface area (Å²) in [6, 6.07) is -0.0705. The van der Waals surface area contributed by atoms with Crippen molar-refractivity contribution in [3.05, 3.63) is 0 Å². The van der Waals surface area contributed by atoms with E-state index in [-0.39, 0.29) is 17.4 Å². The SMILES string of the molecule is CC1(CNC(=O)CC(N)C(C)(C)C)CCCC1. The summed E-state index contributed by atoms with van der Waals surface area (Å²) in [5, 5.41) is 3.05. The van der Waals surface area contributed by atoms with Gasteiger partial charge in [0.05, 0.1) is 0 Å². The van der Waals surface area contributed by atoms with E-state index in [0.29, 0.717) is 11.8 Å². The topological polar surface area (TPSA) is 55.1 Å². The molecule has 0 saturated heterocycles. The number of amides is 1. The third-order valence-electron chi connectivity index (χ3n) is 4.04. The van der Waals surface area contributed by atoms with Crippen molar-refractivity contribution in [3.63, 3.8) is 0 Å². The molecule has 3 nitrogen and oxygen atoms in total. The summed E-state index contributed by atoms with van der Waals surface area (Å²) in [7, 11) is 0. The molecule has 1 unspecified atom stereocenters. The van der Waals surface area contributed by atoms with E-state index in [1.165, 1.54) is 25.7 Å². The monoisotopic (exact) mass is 240 g/mol. The summed E-state index contributed by atoms with van der Waals surface area (Å²) in [6.07, 6.45) is 5.50. The molecule has 1 fully saturated rings. The van der Waals surface area contributed by atoms with E-state index < -0.39 is 0 Å². The fourth-order valence-electron chi connectivity index (χ4n) is 2.30.